The van der Waals surface area contributed by atoms with Crippen molar-refractivity contribution in [3.05, 3.63) is 34.9 Å². The van der Waals surface area contributed by atoms with Crippen LogP contribution in [0.2, 0.25) is 5.02 Å². The molecule has 0 spiro atoms. The second-order valence-electron chi connectivity index (χ2n) is 7.67. The van der Waals surface area contributed by atoms with Gasteiger partial charge in [-0.05, 0) is 42.7 Å². The lowest BCUT2D eigenvalue weighted by Crippen LogP contribution is -2.59. The highest BCUT2D eigenvalue weighted by atomic mass is 35.5. The highest BCUT2D eigenvalue weighted by Gasteiger charge is 2.78. The molecule has 1 amide bonds. The van der Waals surface area contributed by atoms with Gasteiger partial charge in [0.15, 0.2) is 0 Å². The van der Waals surface area contributed by atoms with E-state index < -0.39 is 5.54 Å². The van der Waals surface area contributed by atoms with E-state index in [2.05, 4.69) is 25.3 Å². The molecule has 4 bridgehead atoms. The number of hydrazine groups is 1. The van der Waals surface area contributed by atoms with Gasteiger partial charge in [0.25, 0.3) is 5.91 Å². The van der Waals surface area contributed by atoms with Gasteiger partial charge >= 0.3 is 0 Å². The van der Waals surface area contributed by atoms with E-state index in [0.717, 1.165) is 19.4 Å². The normalized spacial score (nSPS) is 41.0. The molecule has 0 unspecified atom stereocenters. The Balaban J connectivity index is 1.66. The molecule has 3 fully saturated rings. The van der Waals surface area contributed by atoms with Gasteiger partial charge in [0.05, 0.1) is 16.7 Å². The summed E-state index contributed by atoms with van der Waals surface area (Å²) in [5.41, 5.74) is 2.87. The molecule has 120 valence electrons. The zero-order chi connectivity index (χ0) is 16.5. The second-order valence-corrected chi connectivity index (χ2v) is 8.08. The van der Waals surface area contributed by atoms with Crippen LogP contribution in [0.15, 0.2) is 24.3 Å². The number of rotatable bonds is 2. The summed E-state index contributed by atoms with van der Waals surface area (Å²) in [7, 11) is 0. The smallest absolute Gasteiger partial charge is 0.267 e. The molecule has 0 aromatic heterocycles. The Kier molecular flexibility index (Phi) is 2.93. The third kappa shape index (κ3) is 1.57. The van der Waals surface area contributed by atoms with Crippen LogP contribution in [0.3, 0.4) is 0 Å². The lowest BCUT2D eigenvalue weighted by atomic mass is 9.66. The lowest BCUT2D eigenvalue weighted by molar-refractivity contribution is 0.0240. The molecule has 0 radical (unpaired) electrons. The predicted octanol–water partition coefficient (Wildman–Crippen LogP) is 3.39. The van der Waals surface area contributed by atoms with Crippen molar-refractivity contribution in [1.29, 1.82) is 5.26 Å². The van der Waals surface area contributed by atoms with Gasteiger partial charge in [-0.1, -0.05) is 37.6 Å². The number of hydrogen-bond acceptors (Lipinski definition) is 3. The number of nitrogens with zero attached hydrogens (tertiary/aromatic N) is 2. The molecule has 2 saturated carbocycles. The third-order valence-corrected chi connectivity index (χ3v) is 7.43. The van der Waals surface area contributed by atoms with Crippen molar-refractivity contribution in [3.8, 4) is 6.07 Å². The Hall–Kier alpha value is -1.57. The molecule has 1 saturated heterocycles. The maximum atomic E-state index is 12.6. The Morgan fingerprint density at radius 2 is 2.17 bits per heavy atom. The molecule has 1 aliphatic heterocycles. The number of carbonyl (C=O) groups excluding carboxylic acids is 1. The van der Waals surface area contributed by atoms with Gasteiger partial charge < -0.3 is 0 Å². The van der Waals surface area contributed by atoms with E-state index in [1.807, 2.05) is 5.01 Å². The van der Waals surface area contributed by atoms with E-state index in [4.69, 9.17) is 11.6 Å². The van der Waals surface area contributed by atoms with Crippen molar-refractivity contribution in [2.45, 2.75) is 38.6 Å². The van der Waals surface area contributed by atoms with Crippen LogP contribution in [0.25, 0.3) is 0 Å². The Bertz CT molecular complexity index is 744. The number of carbonyl (C=O) groups is 1. The SMILES string of the molecule is C[C@@]12CC[C@@H]3C[C@]1(C#N)N(NC(=O)c1ccccc1Cl)C[C@]32C. The van der Waals surface area contributed by atoms with Crippen LogP contribution in [-0.4, -0.2) is 23.0 Å². The van der Waals surface area contributed by atoms with Crippen molar-refractivity contribution in [3.63, 3.8) is 0 Å². The van der Waals surface area contributed by atoms with E-state index in [-0.39, 0.29) is 16.7 Å². The first-order valence-corrected chi connectivity index (χ1v) is 8.50. The number of hydrogen-bond donors (Lipinski definition) is 1. The molecular weight excluding hydrogens is 310 g/mol. The molecule has 1 aromatic rings. The van der Waals surface area contributed by atoms with Crippen LogP contribution in [0, 0.1) is 28.1 Å². The first-order chi connectivity index (χ1) is 10.9. The number of nitriles is 1. The van der Waals surface area contributed by atoms with E-state index in [1.165, 1.54) is 6.42 Å². The fraction of sp³-hybridized carbons (Fsp3) is 0.556. The van der Waals surface area contributed by atoms with Crippen molar-refractivity contribution in [2.75, 3.05) is 6.54 Å². The molecule has 23 heavy (non-hydrogen) atoms. The summed E-state index contributed by atoms with van der Waals surface area (Å²) < 4.78 is 0. The standard InChI is InChI=1S/C18H20ClN3O/c1-16-11-22(21-15(23)13-5-3-4-6-14(13)19)18(10-20)9-12(16)7-8-17(16,18)2/h3-6,12H,7-9,11H2,1-2H3,(H,21,23)/t12-,16-,17+,18-/m1/s1. The minimum atomic E-state index is -0.596. The summed E-state index contributed by atoms with van der Waals surface area (Å²) >= 11 is 6.13. The number of halogens is 1. The fourth-order valence-corrected chi connectivity index (χ4v) is 5.70. The molecule has 3 aliphatic rings. The summed E-state index contributed by atoms with van der Waals surface area (Å²) in [4.78, 5) is 12.6. The molecule has 2 aliphatic carbocycles. The summed E-state index contributed by atoms with van der Waals surface area (Å²) in [5.74, 6) is 0.349. The highest BCUT2D eigenvalue weighted by Crippen LogP contribution is 2.75. The van der Waals surface area contributed by atoms with Crippen LogP contribution >= 0.6 is 11.6 Å². The van der Waals surface area contributed by atoms with Gasteiger partial charge in [0.1, 0.15) is 5.54 Å². The lowest BCUT2D eigenvalue weighted by Gasteiger charge is -2.42. The van der Waals surface area contributed by atoms with Crippen molar-refractivity contribution in [2.24, 2.45) is 16.7 Å². The second kappa shape index (κ2) is 4.49. The molecule has 1 N–H and O–H groups in total. The van der Waals surface area contributed by atoms with E-state index in [1.54, 1.807) is 24.3 Å². The molecule has 4 rings (SSSR count). The summed E-state index contributed by atoms with van der Waals surface area (Å²) in [6.07, 6.45) is 3.10. The van der Waals surface area contributed by atoms with Gasteiger partial charge in [-0.2, -0.15) is 10.3 Å². The zero-order valence-electron chi connectivity index (χ0n) is 13.4. The number of benzene rings is 1. The van der Waals surface area contributed by atoms with Crippen LogP contribution in [0.1, 0.15) is 43.5 Å². The Labute approximate surface area is 141 Å². The Morgan fingerprint density at radius 3 is 2.83 bits per heavy atom. The predicted molar refractivity (Wildman–Crippen MR) is 87.5 cm³/mol. The average Bonchev–Trinajstić information content (AvgIpc) is 2.96. The Morgan fingerprint density at radius 1 is 1.43 bits per heavy atom. The largest absolute Gasteiger partial charge is 0.283 e. The van der Waals surface area contributed by atoms with Crippen LogP contribution in [-0.2, 0) is 0 Å². The van der Waals surface area contributed by atoms with Gasteiger partial charge in [0, 0.05) is 12.0 Å². The van der Waals surface area contributed by atoms with Gasteiger partial charge in [-0.3, -0.25) is 10.2 Å². The summed E-state index contributed by atoms with van der Waals surface area (Å²) in [6.45, 7) is 5.24. The number of amides is 1. The minimum absolute atomic E-state index is 0.0623. The molecule has 1 aromatic carbocycles. The maximum absolute atomic E-state index is 12.6. The zero-order valence-corrected chi connectivity index (χ0v) is 14.2. The number of piperidine rings is 1. The monoisotopic (exact) mass is 329 g/mol. The van der Waals surface area contributed by atoms with Gasteiger partial charge in [-0.25, -0.2) is 0 Å². The van der Waals surface area contributed by atoms with Gasteiger partial charge in [0.2, 0.25) is 0 Å². The maximum Gasteiger partial charge on any atom is 0.267 e. The summed E-state index contributed by atoms with van der Waals surface area (Å²) in [5, 5.41) is 12.3. The van der Waals surface area contributed by atoms with Crippen LogP contribution in [0.4, 0.5) is 0 Å². The van der Waals surface area contributed by atoms with Crippen molar-refractivity contribution < 1.29 is 4.79 Å². The van der Waals surface area contributed by atoms with Crippen molar-refractivity contribution in [1.82, 2.24) is 10.4 Å². The first kappa shape index (κ1) is 15.0. The number of nitrogens with one attached hydrogen (secondary N) is 1. The van der Waals surface area contributed by atoms with E-state index in [0.29, 0.717) is 16.5 Å². The quantitative estimate of drug-likeness (QED) is 0.904. The van der Waals surface area contributed by atoms with E-state index >= 15 is 0 Å². The molecule has 4 nitrogen and oxygen atoms in total. The van der Waals surface area contributed by atoms with Gasteiger partial charge in [-0.15, -0.1) is 0 Å². The molecule has 1 heterocycles. The molecule has 5 heteroatoms. The third-order valence-electron chi connectivity index (χ3n) is 7.10. The van der Waals surface area contributed by atoms with Crippen LogP contribution < -0.4 is 5.43 Å². The van der Waals surface area contributed by atoms with E-state index in [9.17, 15) is 10.1 Å². The van der Waals surface area contributed by atoms with Crippen molar-refractivity contribution >= 4 is 17.5 Å². The average molecular weight is 330 g/mol. The first-order valence-electron chi connectivity index (χ1n) is 8.12. The minimum Gasteiger partial charge on any atom is -0.283 e. The summed E-state index contributed by atoms with van der Waals surface area (Å²) in [6, 6.07) is 9.57. The fourth-order valence-electron chi connectivity index (χ4n) is 5.47. The molecule has 4 atom stereocenters. The van der Waals surface area contributed by atoms with Crippen LogP contribution in [0.5, 0.6) is 0 Å². The molecular formula is C18H20ClN3O. The highest BCUT2D eigenvalue weighted by molar-refractivity contribution is 6.33. The topological polar surface area (TPSA) is 56.1 Å².